The molecular formula is C26H26N2O4. The van der Waals surface area contributed by atoms with Gasteiger partial charge in [-0.15, -0.1) is 0 Å². The molecule has 0 unspecified atom stereocenters. The van der Waals surface area contributed by atoms with Crippen LogP contribution in [0.15, 0.2) is 47.3 Å². The minimum Gasteiger partial charge on any atom is -0.497 e. The molecule has 32 heavy (non-hydrogen) atoms. The summed E-state index contributed by atoms with van der Waals surface area (Å²) in [5, 5.41) is 2.85. The highest BCUT2D eigenvalue weighted by atomic mass is 16.5. The van der Waals surface area contributed by atoms with Crippen LogP contribution in [-0.4, -0.2) is 23.8 Å². The Kier molecular flexibility index (Phi) is 5.70. The lowest BCUT2D eigenvalue weighted by Crippen LogP contribution is -2.29. The van der Waals surface area contributed by atoms with Crippen LogP contribution in [0.1, 0.15) is 61.0 Å². The lowest BCUT2D eigenvalue weighted by molar-refractivity contribution is 0.0963. The van der Waals surface area contributed by atoms with Crippen LogP contribution in [0.3, 0.4) is 0 Å². The van der Waals surface area contributed by atoms with E-state index in [2.05, 4.69) is 10.3 Å². The predicted octanol–water partition coefficient (Wildman–Crippen LogP) is 4.47. The van der Waals surface area contributed by atoms with Gasteiger partial charge in [0.15, 0.2) is 5.78 Å². The molecule has 1 aliphatic rings. The number of aryl methyl sites for hydroxylation is 3. The number of ether oxygens (including phenoxy) is 1. The number of nitrogens with one attached hydrogen (secondary N) is 2. The van der Waals surface area contributed by atoms with Gasteiger partial charge in [-0.05, 0) is 68.0 Å². The van der Waals surface area contributed by atoms with Crippen LogP contribution in [-0.2, 0) is 6.42 Å². The second-order valence-electron chi connectivity index (χ2n) is 8.43. The number of fused-ring (bicyclic) bond motifs is 1. The Morgan fingerprint density at radius 2 is 1.66 bits per heavy atom. The first kappa shape index (κ1) is 21.6. The van der Waals surface area contributed by atoms with Gasteiger partial charge in [-0.3, -0.25) is 14.4 Å². The van der Waals surface area contributed by atoms with Gasteiger partial charge in [0, 0.05) is 23.4 Å². The number of H-pyrrole nitrogens is 1. The SMILES string of the molecule is COc1ccc([C@@H]2CC(=O)c3cc(C(=O)Nc4c(C)cc(C)cc4C)c(=O)[nH]c3C2)cc1. The number of aromatic amines is 1. The highest BCUT2D eigenvalue weighted by Crippen LogP contribution is 2.32. The number of amides is 1. The minimum atomic E-state index is -0.519. The number of ketones is 1. The molecule has 0 radical (unpaired) electrons. The number of carbonyl (C=O) groups excluding carboxylic acids is 2. The molecule has 0 spiro atoms. The summed E-state index contributed by atoms with van der Waals surface area (Å²) in [6, 6.07) is 13.0. The molecule has 1 amide bonds. The minimum absolute atomic E-state index is 0.0332. The zero-order chi connectivity index (χ0) is 23.0. The molecule has 1 heterocycles. The number of carbonyl (C=O) groups is 2. The van der Waals surface area contributed by atoms with Crippen molar-refractivity contribution >= 4 is 17.4 Å². The van der Waals surface area contributed by atoms with Gasteiger partial charge in [-0.25, -0.2) is 0 Å². The number of hydrogen-bond acceptors (Lipinski definition) is 4. The van der Waals surface area contributed by atoms with Crippen molar-refractivity contribution in [1.29, 1.82) is 0 Å². The molecule has 3 aromatic rings. The third kappa shape index (κ3) is 4.08. The van der Waals surface area contributed by atoms with Crippen molar-refractivity contribution in [2.75, 3.05) is 12.4 Å². The maximum atomic E-state index is 12.9. The number of benzene rings is 2. The molecule has 0 aliphatic heterocycles. The number of methoxy groups -OCH3 is 1. The first-order valence-electron chi connectivity index (χ1n) is 10.6. The molecule has 0 saturated carbocycles. The van der Waals surface area contributed by atoms with Gasteiger partial charge in [0.2, 0.25) is 0 Å². The van der Waals surface area contributed by atoms with Crippen molar-refractivity contribution in [3.8, 4) is 5.75 Å². The Bertz CT molecular complexity index is 1250. The second-order valence-corrected chi connectivity index (χ2v) is 8.43. The first-order valence-corrected chi connectivity index (χ1v) is 10.6. The quantitative estimate of drug-likeness (QED) is 0.639. The number of Topliss-reactive ketones (excluding diaryl/α,β-unsaturated/α-hetero) is 1. The maximum Gasteiger partial charge on any atom is 0.261 e. The van der Waals surface area contributed by atoms with Crippen molar-refractivity contribution in [2.45, 2.75) is 39.5 Å². The molecule has 1 aromatic heterocycles. The summed E-state index contributed by atoms with van der Waals surface area (Å²) in [7, 11) is 1.61. The van der Waals surface area contributed by atoms with E-state index in [1.54, 1.807) is 7.11 Å². The van der Waals surface area contributed by atoms with E-state index in [1.807, 2.05) is 57.2 Å². The lowest BCUT2D eigenvalue weighted by Gasteiger charge is -2.24. The molecule has 2 aromatic carbocycles. The summed E-state index contributed by atoms with van der Waals surface area (Å²) in [5.74, 6) is 0.114. The summed E-state index contributed by atoms with van der Waals surface area (Å²) in [6.45, 7) is 5.82. The van der Waals surface area contributed by atoms with Crippen molar-refractivity contribution in [1.82, 2.24) is 4.98 Å². The molecule has 1 atom stereocenters. The van der Waals surface area contributed by atoms with Crippen LogP contribution < -0.4 is 15.6 Å². The van der Waals surface area contributed by atoms with E-state index in [1.165, 1.54) is 6.07 Å². The van der Waals surface area contributed by atoms with Gasteiger partial charge < -0.3 is 15.0 Å². The number of aromatic nitrogens is 1. The van der Waals surface area contributed by atoms with Gasteiger partial charge >= 0.3 is 0 Å². The Hall–Kier alpha value is -3.67. The van der Waals surface area contributed by atoms with Gasteiger partial charge in [-0.1, -0.05) is 29.8 Å². The highest BCUT2D eigenvalue weighted by molar-refractivity contribution is 6.07. The fraction of sp³-hybridized carbons (Fsp3) is 0.269. The fourth-order valence-corrected chi connectivity index (χ4v) is 4.47. The molecule has 2 N–H and O–H groups in total. The van der Waals surface area contributed by atoms with Gasteiger partial charge in [0.1, 0.15) is 11.3 Å². The average molecular weight is 431 g/mol. The van der Waals surface area contributed by atoms with Crippen molar-refractivity contribution in [2.24, 2.45) is 0 Å². The predicted molar refractivity (Wildman–Crippen MR) is 124 cm³/mol. The maximum absolute atomic E-state index is 12.9. The van der Waals surface area contributed by atoms with E-state index >= 15 is 0 Å². The molecule has 6 nitrogen and oxygen atoms in total. The Morgan fingerprint density at radius 3 is 2.28 bits per heavy atom. The molecule has 1 aliphatic carbocycles. The molecule has 6 heteroatoms. The Morgan fingerprint density at radius 1 is 1.00 bits per heavy atom. The van der Waals surface area contributed by atoms with E-state index in [-0.39, 0.29) is 17.3 Å². The zero-order valence-corrected chi connectivity index (χ0v) is 18.7. The van der Waals surface area contributed by atoms with Gasteiger partial charge in [-0.2, -0.15) is 0 Å². The molecule has 0 fully saturated rings. The molecule has 0 saturated heterocycles. The molecular weight excluding hydrogens is 404 g/mol. The van der Waals surface area contributed by atoms with E-state index in [4.69, 9.17) is 4.74 Å². The van der Waals surface area contributed by atoms with Crippen LogP contribution in [0.5, 0.6) is 5.75 Å². The molecule has 0 bridgehead atoms. The molecule has 4 rings (SSSR count). The van der Waals surface area contributed by atoms with E-state index in [0.29, 0.717) is 29.8 Å². The largest absolute Gasteiger partial charge is 0.497 e. The summed E-state index contributed by atoms with van der Waals surface area (Å²) >= 11 is 0. The van der Waals surface area contributed by atoms with Crippen LogP contribution >= 0.6 is 0 Å². The van der Waals surface area contributed by atoms with Crippen LogP contribution in [0.2, 0.25) is 0 Å². The Labute approximate surface area is 186 Å². The third-order valence-electron chi connectivity index (χ3n) is 6.05. The standard InChI is InChI=1S/C26H26N2O4/c1-14-9-15(2)24(16(3)10-14)28-26(31)21-13-20-22(27-25(21)30)11-18(12-23(20)29)17-5-7-19(32-4)8-6-17/h5-10,13,18H,11-12H2,1-4H3,(H,27,30)(H,28,31)/t18-/m0/s1. The number of hydrogen-bond donors (Lipinski definition) is 2. The summed E-state index contributed by atoms with van der Waals surface area (Å²) in [4.78, 5) is 41.3. The van der Waals surface area contributed by atoms with E-state index < -0.39 is 11.5 Å². The second kappa shape index (κ2) is 8.46. The monoisotopic (exact) mass is 430 g/mol. The van der Waals surface area contributed by atoms with E-state index in [9.17, 15) is 14.4 Å². The Balaban J connectivity index is 1.62. The third-order valence-corrected chi connectivity index (χ3v) is 6.05. The highest BCUT2D eigenvalue weighted by Gasteiger charge is 2.29. The van der Waals surface area contributed by atoms with Crippen molar-refractivity contribution in [3.63, 3.8) is 0 Å². The zero-order valence-electron chi connectivity index (χ0n) is 18.7. The smallest absolute Gasteiger partial charge is 0.261 e. The normalized spacial score (nSPS) is 15.2. The number of anilines is 1. The average Bonchev–Trinajstić information content (AvgIpc) is 2.75. The van der Waals surface area contributed by atoms with Crippen molar-refractivity contribution < 1.29 is 14.3 Å². The van der Waals surface area contributed by atoms with Gasteiger partial charge in [0.05, 0.1) is 7.11 Å². The fourth-order valence-electron chi connectivity index (χ4n) is 4.47. The van der Waals surface area contributed by atoms with Crippen LogP contribution in [0, 0.1) is 20.8 Å². The molecule has 164 valence electrons. The topological polar surface area (TPSA) is 88.3 Å². The first-order chi connectivity index (χ1) is 15.3. The summed E-state index contributed by atoms with van der Waals surface area (Å²) in [5.41, 5.74) is 5.07. The number of pyridine rings is 1. The lowest BCUT2D eigenvalue weighted by atomic mass is 9.81. The summed E-state index contributed by atoms with van der Waals surface area (Å²) < 4.78 is 5.20. The summed E-state index contributed by atoms with van der Waals surface area (Å²) in [6.07, 6.45) is 0.851. The van der Waals surface area contributed by atoms with Crippen molar-refractivity contribution in [3.05, 3.63) is 91.9 Å². The van der Waals surface area contributed by atoms with Crippen LogP contribution in [0.4, 0.5) is 5.69 Å². The van der Waals surface area contributed by atoms with E-state index in [0.717, 1.165) is 28.0 Å². The van der Waals surface area contributed by atoms with Crippen LogP contribution in [0.25, 0.3) is 0 Å². The van der Waals surface area contributed by atoms with Gasteiger partial charge in [0.25, 0.3) is 11.5 Å². The number of rotatable bonds is 4.